The Hall–Kier alpha value is -4.03. The van der Waals surface area contributed by atoms with Gasteiger partial charge in [0.15, 0.2) is 0 Å². The topological polar surface area (TPSA) is 194 Å². The van der Waals surface area contributed by atoms with Crippen LogP contribution in [0.3, 0.4) is 0 Å². The fourth-order valence-corrected chi connectivity index (χ4v) is 4.20. The molecule has 12 heteroatoms. The van der Waals surface area contributed by atoms with E-state index in [4.69, 9.17) is 5.11 Å². The minimum Gasteiger partial charge on any atom is -0.481 e. The van der Waals surface area contributed by atoms with Gasteiger partial charge in [0.1, 0.15) is 18.1 Å². The lowest BCUT2D eigenvalue weighted by molar-refractivity contribution is -0.143. The molecule has 2 aromatic rings. The van der Waals surface area contributed by atoms with E-state index in [9.17, 15) is 34.2 Å². The molecule has 5 atom stereocenters. The van der Waals surface area contributed by atoms with E-state index in [2.05, 4.69) is 21.3 Å². The third-order valence-electron chi connectivity index (χ3n) is 6.63. The van der Waals surface area contributed by atoms with Crippen molar-refractivity contribution in [1.29, 1.82) is 0 Å². The average Bonchev–Trinajstić information content (AvgIpc) is 2.90. The number of carbonyl (C=O) groups excluding carboxylic acids is 3. The zero-order chi connectivity index (χ0) is 30.7. The molecule has 41 heavy (non-hydrogen) atoms. The van der Waals surface area contributed by atoms with Crippen molar-refractivity contribution < 1.29 is 39.3 Å². The Labute approximate surface area is 238 Å². The van der Waals surface area contributed by atoms with Gasteiger partial charge in [0, 0.05) is 6.42 Å². The second kappa shape index (κ2) is 15.7. The Balaban J connectivity index is 2.04. The van der Waals surface area contributed by atoms with Crippen LogP contribution in [0.15, 0.2) is 42.5 Å². The molecule has 2 aromatic carbocycles. The third-order valence-corrected chi connectivity index (χ3v) is 6.63. The van der Waals surface area contributed by atoms with Gasteiger partial charge in [-0.05, 0) is 55.5 Å². The number of benzene rings is 2. The first-order valence-electron chi connectivity index (χ1n) is 13.5. The van der Waals surface area contributed by atoms with E-state index in [0.29, 0.717) is 13.0 Å². The molecule has 12 nitrogen and oxygen atoms in total. The highest BCUT2D eigenvalue weighted by Crippen LogP contribution is 2.16. The first-order valence-corrected chi connectivity index (χ1v) is 13.5. The van der Waals surface area contributed by atoms with Crippen molar-refractivity contribution in [2.24, 2.45) is 5.92 Å². The Morgan fingerprint density at radius 1 is 0.780 bits per heavy atom. The number of aliphatic hydroxyl groups is 1. The zero-order valence-electron chi connectivity index (χ0n) is 23.7. The summed E-state index contributed by atoms with van der Waals surface area (Å²) in [5, 5.41) is 41.1. The van der Waals surface area contributed by atoms with Crippen LogP contribution in [0.5, 0.6) is 0 Å². The van der Waals surface area contributed by atoms with Gasteiger partial charge >= 0.3 is 11.9 Å². The molecular weight excluding hydrogens is 532 g/mol. The van der Waals surface area contributed by atoms with Gasteiger partial charge in [-0.1, -0.05) is 56.3 Å². The maximum atomic E-state index is 13.1. The lowest BCUT2D eigenvalue weighted by Crippen LogP contribution is -2.59. The van der Waals surface area contributed by atoms with Crippen molar-refractivity contribution >= 4 is 40.4 Å². The van der Waals surface area contributed by atoms with Crippen molar-refractivity contribution in [2.75, 3.05) is 6.54 Å². The predicted octanol–water partition coefficient (Wildman–Crippen LogP) is 0.801. The molecule has 0 bridgehead atoms. The molecule has 224 valence electrons. The molecule has 0 radical (unpaired) electrons. The molecule has 0 heterocycles. The van der Waals surface area contributed by atoms with Crippen LogP contribution in [-0.2, 0) is 30.4 Å². The van der Waals surface area contributed by atoms with Gasteiger partial charge < -0.3 is 36.6 Å². The van der Waals surface area contributed by atoms with Crippen LogP contribution in [0.2, 0.25) is 0 Å². The number of nitrogens with one attached hydrogen (secondary N) is 4. The Bertz CT molecular complexity index is 1230. The van der Waals surface area contributed by atoms with E-state index in [0.717, 1.165) is 16.3 Å². The van der Waals surface area contributed by atoms with E-state index < -0.39 is 65.8 Å². The van der Waals surface area contributed by atoms with Crippen LogP contribution in [0.1, 0.15) is 46.1 Å². The quantitative estimate of drug-likeness (QED) is 0.152. The molecular formula is C29H40N4O8. The summed E-state index contributed by atoms with van der Waals surface area (Å²) in [6.07, 6.45) is -1.15. The van der Waals surface area contributed by atoms with Gasteiger partial charge in [-0.15, -0.1) is 0 Å². The lowest BCUT2D eigenvalue weighted by Gasteiger charge is -2.26. The molecule has 0 fully saturated rings. The average molecular weight is 573 g/mol. The van der Waals surface area contributed by atoms with Gasteiger partial charge in [-0.3, -0.25) is 19.2 Å². The van der Waals surface area contributed by atoms with E-state index in [1.54, 1.807) is 13.8 Å². The van der Waals surface area contributed by atoms with E-state index in [-0.39, 0.29) is 12.8 Å². The summed E-state index contributed by atoms with van der Waals surface area (Å²) in [4.78, 5) is 61.0. The monoisotopic (exact) mass is 572 g/mol. The molecule has 3 amide bonds. The Morgan fingerprint density at radius 2 is 1.41 bits per heavy atom. The van der Waals surface area contributed by atoms with Crippen LogP contribution in [0, 0.1) is 5.92 Å². The van der Waals surface area contributed by atoms with Crippen molar-refractivity contribution in [3.63, 3.8) is 0 Å². The summed E-state index contributed by atoms with van der Waals surface area (Å²) in [5.74, 6) is -5.01. The number of aliphatic hydroxyl groups excluding tert-OH is 1. The fraction of sp³-hybridized carbons (Fsp3) is 0.483. The molecule has 0 saturated heterocycles. The minimum atomic E-state index is -1.45. The molecule has 7 N–H and O–H groups in total. The number of hydrogen-bond donors (Lipinski definition) is 7. The Kier molecular flexibility index (Phi) is 12.7. The molecule has 0 aromatic heterocycles. The van der Waals surface area contributed by atoms with Crippen molar-refractivity contribution in [1.82, 2.24) is 21.3 Å². The van der Waals surface area contributed by atoms with Crippen LogP contribution in [0.25, 0.3) is 10.8 Å². The number of carboxylic acids is 2. The second-order valence-electron chi connectivity index (χ2n) is 10.4. The van der Waals surface area contributed by atoms with Crippen LogP contribution < -0.4 is 21.3 Å². The van der Waals surface area contributed by atoms with Crippen LogP contribution in [-0.4, -0.2) is 81.8 Å². The second-order valence-corrected chi connectivity index (χ2v) is 10.4. The first kappa shape index (κ1) is 33.2. The fourth-order valence-electron chi connectivity index (χ4n) is 4.20. The summed E-state index contributed by atoms with van der Waals surface area (Å²) in [6, 6.07) is 9.15. The van der Waals surface area contributed by atoms with E-state index in [1.165, 1.54) is 13.8 Å². The van der Waals surface area contributed by atoms with Gasteiger partial charge in [0.2, 0.25) is 17.7 Å². The molecule has 2 rings (SSSR count). The van der Waals surface area contributed by atoms with Gasteiger partial charge in [-0.25, -0.2) is 4.79 Å². The summed E-state index contributed by atoms with van der Waals surface area (Å²) in [6.45, 7) is 6.22. The smallest absolute Gasteiger partial charge is 0.326 e. The molecule has 0 aliphatic rings. The van der Waals surface area contributed by atoms with E-state index in [1.807, 2.05) is 42.5 Å². The molecule has 0 saturated carbocycles. The highest BCUT2D eigenvalue weighted by molar-refractivity contribution is 5.94. The highest BCUT2D eigenvalue weighted by Gasteiger charge is 2.32. The maximum absolute atomic E-state index is 13.1. The molecule has 0 aliphatic carbocycles. The predicted molar refractivity (Wildman–Crippen MR) is 152 cm³/mol. The lowest BCUT2D eigenvalue weighted by atomic mass is 10.0. The van der Waals surface area contributed by atoms with Crippen molar-refractivity contribution in [3.8, 4) is 0 Å². The van der Waals surface area contributed by atoms with Crippen LogP contribution >= 0.6 is 0 Å². The molecule has 0 aliphatic heterocycles. The largest absolute Gasteiger partial charge is 0.481 e. The van der Waals surface area contributed by atoms with Gasteiger partial charge in [-0.2, -0.15) is 0 Å². The number of amides is 3. The normalized spacial score (nSPS) is 14.9. The highest BCUT2D eigenvalue weighted by atomic mass is 16.4. The summed E-state index contributed by atoms with van der Waals surface area (Å²) in [5.41, 5.74) is 1.02. The first-order chi connectivity index (χ1) is 19.3. The maximum Gasteiger partial charge on any atom is 0.326 e. The van der Waals surface area contributed by atoms with Gasteiger partial charge in [0.05, 0.1) is 12.1 Å². The SMILES string of the molecule is CC(C)[C@H](NC(=O)[C@H](C)NC(=O)[C@@H](NC(=O)[C@H](CCC(=O)O)NCCc1ccc2ccccc2c1)[C@@H](C)O)C(=O)O. The Morgan fingerprint density at radius 3 is 2.00 bits per heavy atom. The summed E-state index contributed by atoms with van der Waals surface area (Å²) >= 11 is 0. The van der Waals surface area contributed by atoms with Crippen molar-refractivity contribution in [2.45, 2.75) is 77.2 Å². The number of hydrogen-bond acceptors (Lipinski definition) is 7. The summed E-state index contributed by atoms with van der Waals surface area (Å²) < 4.78 is 0. The molecule has 0 unspecified atom stereocenters. The number of rotatable bonds is 16. The number of aliphatic carboxylic acids is 2. The summed E-state index contributed by atoms with van der Waals surface area (Å²) in [7, 11) is 0. The minimum absolute atomic E-state index is 0.0579. The van der Waals surface area contributed by atoms with Crippen LogP contribution in [0.4, 0.5) is 0 Å². The standard InChI is InChI=1S/C29H40N4O8/c1-16(2)24(29(40)41)32-26(37)17(3)31-28(39)25(18(4)34)33-27(38)22(11-12-23(35)36)30-14-13-19-9-10-20-7-5-6-8-21(20)15-19/h5-10,15-18,22,24-25,30,34H,11-14H2,1-4H3,(H,31,39)(H,32,37)(H,33,38)(H,35,36)(H,40,41)/t17-,18+,22-,24-,25-/m0/s1. The van der Waals surface area contributed by atoms with E-state index >= 15 is 0 Å². The third kappa shape index (κ3) is 10.5. The van der Waals surface area contributed by atoms with Gasteiger partial charge in [0.25, 0.3) is 0 Å². The zero-order valence-corrected chi connectivity index (χ0v) is 23.7. The number of fused-ring (bicyclic) bond motifs is 1. The number of carbonyl (C=O) groups is 5. The molecule has 0 spiro atoms. The number of carboxylic acid groups (broad SMARTS) is 2. The van der Waals surface area contributed by atoms with Crippen molar-refractivity contribution in [3.05, 3.63) is 48.0 Å².